The van der Waals surface area contributed by atoms with Gasteiger partial charge in [-0.15, -0.1) is 0 Å². The van der Waals surface area contributed by atoms with Gasteiger partial charge in [0.05, 0.1) is 0 Å². The second kappa shape index (κ2) is 5.44. The zero-order chi connectivity index (χ0) is 12.3. The van der Waals surface area contributed by atoms with E-state index in [2.05, 4.69) is 20.6 Å². The van der Waals surface area contributed by atoms with Crippen LogP contribution in [-0.4, -0.2) is 34.9 Å². The summed E-state index contributed by atoms with van der Waals surface area (Å²) in [7, 11) is 0. The molecule has 1 atom stereocenters. The number of likely N-dealkylation sites (tertiary alicyclic amines) is 1. The summed E-state index contributed by atoms with van der Waals surface area (Å²) in [5, 5.41) is 3.68. The van der Waals surface area contributed by atoms with Crippen LogP contribution in [0.3, 0.4) is 0 Å². The fourth-order valence-corrected chi connectivity index (χ4v) is 2.81. The number of nitrogen functional groups attached to an aromatic ring is 1. The largest absolute Gasteiger partial charge is 0.352 e. The number of carbonyl (C=O) groups is 1. The standard InChI is InChI=1S/C10H17N5OS/c1-7(16)13-8-2-3-15(5-8)6-9-4-12-10(14-11)17-9/h4,8H,2-3,5-6,11H2,1H3,(H,12,14)(H,13,16). The zero-order valence-corrected chi connectivity index (χ0v) is 10.6. The minimum atomic E-state index is 0.0456. The van der Waals surface area contributed by atoms with Crippen LogP contribution < -0.4 is 16.6 Å². The molecule has 0 spiro atoms. The van der Waals surface area contributed by atoms with Gasteiger partial charge in [0.1, 0.15) is 0 Å². The Morgan fingerprint density at radius 3 is 3.24 bits per heavy atom. The van der Waals surface area contributed by atoms with Crippen LogP contribution in [0.5, 0.6) is 0 Å². The maximum atomic E-state index is 10.9. The van der Waals surface area contributed by atoms with Crippen molar-refractivity contribution in [2.45, 2.75) is 25.9 Å². The molecular weight excluding hydrogens is 238 g/mol. The summed E-state index contributed by atoms with van der Waals surface area (Å²) in [6.45, 7) is 4.34. The van der Waals surface area contributed by atoms with Gasteiger partial charge in [0, 0.05) is 43.7 Å². The number of hydrazine groups is 1. The predicted octanol–water partition coefficient (Wildman–Crippen LogP) is 0.139. The molecule has 1 aliphatic rings. The lowest BCUT2D eigenvalue weighted by molar-refractivity contribution is -0.119. The molecule has 1 aromatic rings. The van der Waals surface area contributed by atoms with Gasteiger partial charge in [-0.3, -0.25) is 15.1 Å². The summed E-state index contributed by atoms with van der Waals surface area (Å²) in [5.41, 5.74) is 2.54. The van der Waals surface area contributed by atoms with Crippen molar-refractivity contribution in [3.63, 3.8) is 0 Å². The highest BCUT2D eigenvalue weighted by Crippen LogP contribution is 2.20. The van der Waals surface area contributed by atoms with E-state index in [9.17, 15) is 4.79 Å². The van der Waals surface area contributed by atoms with E-state index >= 15 is 0 Å². The van der Waals surface area contributed by atoms with Crippen LogP contribution in [-0.2, 0) is 11.3 Å². The van der Waals surface area contributed by atoms with Crippen molar-refractivity contribution in [3.05, 3.63) is 11.1 Å². The van der Waals surface area contributed by atoms with Crippen LogP contribution in [0.4, 0.5) is 5.13 Å². The van der Waals surface area contributed by atoms with E-state index in [0.717, 1.165) is 31.2 Å². The maximum absolute atomic E-state index is 10.9. The van der Waals surface area contributed by atoms with E-state index in [0.29, 0.717) is 0 Å². The molecule has 17 heavy (non-hydrogen) atoms. The topological polar surface area (TPSA) is 83.3 Å². The summed E-state index contributed by atoms with van der Waals surface area (Å²) < 4.78 is 0. The number of thiazole rings is 1. The summed E-state index contributed by atoms with van der Waals surface area (Å²) >= 11 is 1.56. The fourth-order valence-electron chi connectivity index (χ4n) is 2.05. The molecule has 1 aromatic heterocycles. The summed E-state index contributed by atoms with van der Waals surface area (Å²) in [6, 6.07) is 0.285. The molecule has 0 saturated carbocycles. The van der Waals surface area contributed by atoms with Gasteiger partial charge < -0.3 is 5.32 Å². The molecule has 2 rings (SSSR count). The monoisotopic (exact) mass is 255 g/mol. The number of nitrogens with zero attached hydrogens (tertiary/aromatic N) is 2. The van der Waals surface area contributed by atoms with Crippen molar-refractivity contribution in [3.8, 4) is 0 Å². The Morgan fingerprint density at radius 1 is 1.76 bits per heavy atom. The van der Waals surface area contributed by atoms with Gasteiger partial charge in [0.15, 0.2) is 5.13 Å². The summed E-state index contributed by atoms with van der Waals surface area (Å²) in [4.78, 5) is 18.6. The lowest BCUT2D eigenvalue weighted by Gasteiger charge is -2.14. The van der Waals surface area contributed by atoms with E-state index in [-0.39, 0.29) is 11.9 Å². The van der Waals surface area contributed by atoms with Gasteiger partial charge in [-0.05, 0) is 6.42 Å². The molecule has 0 radical (unpaired) electrons. The van der Waals surface area contributed by atoms with Gasteiger partial charge in [0.2, 0.25) is 5.91 Å². The molecule has 0 aromatic carbocycles. The number of rotatable bonds is 4. The van der Waals surface area contributed by atoms with E-state index in [4.69, 9.17) is 5.84 Å². The third kappa shape index (κ3) is 3.39. The second-order valence-electron chi connectivity index (χ2n) is 4.20. The Labute approximate surface area is 104 Å². The van der Waals surface area contributed by atoms with Crippen LogP contribution in [0.15, 0.2) is 6.20 Å². The van der Waals surface area contributed by atoms with E-state index in [1.807, 2.05) is 6.20 Å². The smallest absolute Gasteiger partial charge is 0.217 e. The first-order chi connectivity index (χ1) is 8.17. The van der Waals surface area contributed by atoms with Crippen molar-refractivity contribution >= 4 is 22.4 Å². The molecule has 0 bridgehead atoms. The molecule has 1 aliphatic heterocycles. The third-order valence-electron chi connectivity index (χ3n) is 2.74. The van der Waals surface area contributed by atoms with Crippen LogP contribution in [0, 0.1) is 0 Å². The van der Waals surface area contributed by atoms with Crippen LogP contribution in [0.25, 0.3) is 0 Å². The zero-order valence-electron chi connectivity index (χ0n) is 9.77. The van der Waals surface area contributed by atoms with Crippen LogP contribution >= 0.6 is 11.3 Å². The Bertz CT molecular complexity index is 394. The second-order valence-corrected chi connectivity index (χ2v) is 5.31. The molecule has 1 saturated heterocycles. The number of carbonyl (C=O) groups excluding carboxylic acids is 1. The lowest BCUT2D eigenvalue weighted by atomic mass is 10.3. The molecular formula is C10H17N5OS. The molecule has 1 unspecified atom stereocenters. The molecule has 2 heterocycles. The Hall–Kier alpha value is -1.18. The normalized spacial score (nSPS) is 20.5. The highest BCUT2D eigenvalue weighted by Gasteiger charge is 2.23. The van der Waals surface area contributed by atoms with Crippen LogP contribution in [0.1, 0.15) is 18.2 Å². The first kappa shape index (κ1) is 12.3. The Morgan fingerprint density at radius 2 is 2.59 bits per heavy atom. The van der Waals surface area contributed by atoms with Gasteiger partial charge in [-0.1, -0.05) is 11.3 Å². The number of aromatic nitrogens is 1. The van der Waals surface area contributed by atoms with Crippen molar-refractivity contribution < 1.29 is 4.79 Å². The average molecular weight is 255 g/mol. The summed E-state index contributed by atoms with van der Waals surface area (Å²) in [5.74, 6) is 5.33. The lowest BCUT2D eigenvalue weighted by Crippen LogP contribution is -2.35. The van der Waals surface area contributed by atoms with Crippen molar-refractivity contribution in [1.82, 2.24) is 15.2 Å². The van der Waals surface area contributed by atoms with Gasteiger partial charge >= 0.3 is 0 Å². The highest BCUT2D eigenvalue weighted by molar-refractivity contribution is 7.15. The first-order valence-electron chi connectivity index (χ1n) is 5.58. The Kier molecular flexibility index (Phi) is 3.93. The Balaban J connectivity index is 1.83. The minimum Gasteiger partial charge on any atom is -0.352 e. The minimum absolute atomic E-state index is 0.0456. The van der Waals surface area contributed by atoms with Crippen molar-refractivity contribution in [2.24, 2.45) is 5.84 Å². The van der Waals surface area contributed by atoms with Crippen molar-refractivity contribution in [1.29, 1.82) is 0 Å². The number of hydrogen-bond acceptors (Lipinski definition) is 6. The third-order valence-corrected chi connectivity index (χ3v) is 3.65. The number of amides is 1. The van der Waals surface area contributed by atoms with Crippen molar-refractivity contribution in [2.75, 3.05) is 18.5 Å². The maximum Gasteiger partial charge on any atom is 0.217 e. The van der Waals surface area contributed by atoms with E-state index in [1.165, 1.54) is 4.88 Å². The number of nitrogens with two attached hydrogens (primary N) is 1. The SMILES string of the molecule is CC(=O)NC1CCN(Cc2cnc(NN)s2)C1. The molecule has 0 aliphatic carbocycles. The average Bonchev–Trinajstić information content (AvgIpc) is 2.88. The number of nitrogens with one attached hydrogen (secondary N) is 2. The number of anilines is 1. The van der Waals surface area contributed by atoms with E-state index < -0.39 is 0 Å². The molecule has 1 amide bonds. The molecule has 94 valence electrons. The molecule has 7 heteroatoms. The molecule has 1 fully saturated rings. The fraction of sp³-hybridized carbons (Fsp3) is 0.600. The molecule has 4 N–H and O–H groups in total. The molecule has 6 nitrogen and oxygen atoms in total. The van der Waals surface area contributed by atoms with Crippen LogP contribution in [0.2, 0.25) is 0 Å². The van der Waals surface area contributed by atoms with E-state index in [1.54, 1.807) is 18.3 Å². The van der Waals surface area contributed by atoms with Gasteiger partial charge in [-0.2, -0.15) is 0 Å². The van der Waals surface area contributed by atoms with Gasteiger partial charge in [0.25, 0.3) is 0 Å². The van der Waals surface area contributed by atoms with Gasteiger partial charge in [-0.25, -0.2) is 10.8 Å². The highest BCUT2D eigenvalue weighted by atomic mass is 32.1. The quantitative estimate of drug-likeness (QED) is 0.526. The summed E-state index contributed by atoms with van der Waals surface area (Å²) in [6.07, 6.45) is 2.85. The predicted molar refractivity (Wildman–Crippen MR) is 67.4 cm³/mol. The number of hydrogen-bond donors (Lipinski definition) is 3. The first-order valence-corrected chi connectivity index (χ1v) is 6.40.